The van der Waals surface area contributed by atoms with Gasteiger partial charge in [0.25, 0.3) is 17.5 Å². The first-order valence-electron chi connectivity index (χ1n) is 10.6. The lowest BCUT2D eigenvalue weighted by atomic mass is 10.1. The molecule has 1 heterocycles. The fourth-order valence-corrected chi connectivity index (χ4v) is 3.81. The van der Waals surface area contributed by atoms with Crippen molar-refractivity contribution in [2.45, 2.75) is 6.61 Å². The number of urea groups is 1. The first kappa shape index (κ1) is 25.2. The number of non-ortho nitro benzene ring substituents is 1. The summed E-state index contributed by atoms with van der Waals surface area (Å²) in [5.41, 5.74) is 0.566. The number of nitro groups is 1. The number of hydrogen-bond acceptors (Lipinski definition) is 8. The van der Waals surface area contributed by atoms with Crippen LogP contribution in [0.4, 0.5) is 16.2 Å². The molecule has 0 unspecified atom stereocenters. The van der Waals surface area contributed by atoms with Crippen molar-refractivity contribution in [3.8, 4) is 17.2 Å². The minimum absolute atomic E-state index is 0.0389. The highest BCUT2D eigenvalue weighted by molar-refractivity contribution is 6.39. The quantitative estimate of drug-likeness (QED) is 0.202. The van der Waals surface area contributed by atoms with Crippen LogP contribution in [0.5, 0.6) is 17.2 Å². The Hall–Kier alpha value is -4.90. The molecule has 3 aromatic carbocycles. The maximum atomic E-state index is 13.1. The molecule has 188 valence electrons. The van der Waals surface area contributed by atoms with Gasteiger partial charge in [-0.15, -0.1) is 0 Å². The Bertz CT molecular complexity index is 1450. The number of methoxy groups -OCH3 is 1. The number of barbiturate groups is 1. The van der Waals surface area contributed by atoms with Crippen molar-refractivity contribution >= 4 is 46.9 Å². The molecular formula is C25H18ClN3O8. The van der Waals surface area contributed by atoms with Gasteiger partial charge in [-0.1, -0.05) is 23.7 Å². The van der Waals surface area contributed by atoms with Crippen LogP contribution in [0.15, 0.2) is 66.2 Å². The summed E-state index contributed by atoms with van der Waals surface area (Å²) in [7, 11) is 1.37. The third kappa shape index (κ3) is 5.36. The van der Waals surface area contributed by atoms with Crippen molar-refractivity contribution < 1.29 is 33.9 Å². The van der Waals surface area contributed by atoms with E-state index in [0.29, 0.717) is 11.1 Å². The molecule has 4 rings (SSSR count). The normalized spacial score (nSPS) is 14.5. The molecule has 1 saturated heterocycles. The molecule has 0 atom stereocenters. The predicted molar refractivity (Wildman–Crippen MR) is 133 cm³/mol. The summed E-state index contributed by atoms with van der Waals surface area (Å²) in [6.45, 7) is -0.0389. The molecular weight excluding hydrogens is 506 g/mol. The number of carbonyl (C=O) groups is 3. The van der Waals surface area contributed by atoms with Crippen LogP contribution in [0, 0.1) is 10.1 Å². The van der Waals surface area contributed by atoms with E-state index in [1.165, 1.54) is 67.8 Å². The number of imide groups is 2. The molecule has 11 nitrogen and oxygen atoms in total. The predicted octanol–water partition coefficient (Wildman–Crippen LogP) is 4.21. The van der Waals surface area contributed by atoms with E-state index in [2.05, 4.69) is 5.32 Å². The fourth-order valence-electron chi connectivity index (χ4n) is 3.54. The summed E-state index contributed by atoms with van der Waals surface area (Å²) in [5, 5.41) is 22.7. The van der Waals surface area contributed by atoms with Crippen molar-refractivity contribution in [1.29, 1.82) is 0 Å². The highest BCUT2D eigenvalue weighted by atomic mass is 35.5. The van der Waals surface area contributed by atoms with Crippen molar-refractivity contribution in [3.63, 3.8) is 0 Å². The number of carbonyl (C=O) groups excluding carboxylic acids is 3. The number of nitrogens with one attached hydrogen (secondary N) is 1. The van der Waals surface area contributed by atoms with E-state index >= 15 is 0 Å². The molecule has 0 aliphatic carbocycles. The molecule has 12 heteroatoms. The Balaban J connectivity index is 1.62. The number of rotatable bonds is 7. The van der Waals surface area contributed by atoms with Gasteiger partial charge in [0, 0.05) is 12.1 Å². The lowest BCUT2D eigenvalue weighted by Crippen LogP contribution is -2.54. The topological polar surface area (TPSA) is 148 Å². The van der Waals surface area contributed by atoms with Gasteiger partial charge in [-0.3, -0.25) is 25.0 Å². The smallest absolute Gasteiger partial charge is 0.335 e. The van der Waals surface area contributed by atoms with E-state index in [4.69, 9.17) is 21.1 Å². The second kappa shape index (κ2) is 10.4. The second-order valence-corrected chi connectivity index (χ2v) is 8.13. The van der Waals surface area contributed by atoms with E-state index < -0.39 is 22.8 Å². The van der Waals surface area contributed by atoms with Gasteiger partial charge in [0.1, 0.15) is 17.9 Å². The number of nitrogens with zero attached hydrogens (tertiary/aromatic N) is 2. The lowest BCUT2D eigenvalue weighted by Gasteiger charge is -2.26. The van der Waals surface area contributed by atoms with Crippen molar-refractivity contribution in [1.82, 2.24) is 5.32 Å². The zero-order chi connectivity index (χ0) is 26.7. The van der Waals surface area contributed by atoms with Gasteiger partial charge in [0.05, 0.1) is 22.7 Å². The van der Waals surface area contributed by atoms with Gasteiger partial charge in [0.15, 0.2) is 11.5 Å². The molecule has 4 amide bonds. The van der Waals surface area contributed by atoms with E-state index in [1.807, 2.05) is 0 Å². The standard InChI is InChI=1S/C25H18ClN3O8/c1-36-21-12-15(11-20(26)22(21)37-13-14-3-2-4-17(9-14)29(34)35)10-19-23(31)27-25(33)28(24(19)32)16-5-7-18(30)8-6-16/h2-12,30H,13H2,1H3,(H,27,31,33)/b19-10+. The third-order valence-electron chi connectivity index (χ3n) is 5.28. The molecule has 0 aromatic heterocycles. The monoisotopic (exact) mass is 523 g/mol. The average molecular weight is 524 g/mol. The van der Waals surface area contributed by atoms with Crippen LogP contribution in [-0.2, 0) is 16.2 Å². The van der Waals surface area contributed by atoms with Crippen molar-refractivity contribution in [3.05, 3.63) is 92.5 Å². The maximum Gasteiger partial charge on any atom is 0.335 e. The van der Waals surface area contributed by atoms with Crippen LogP contribution in [0.2, 0.25) is 5.02 Å². The molecule has 3 aromatic rings. The van der Waals surface area contributed by atoms with E-state index in [-0.39, 0.29) is 45.8 Å². The Morgan fingerprint density at radius 3 is 2.51 bits per heavy atom. The van der Waals surface area contributed by atoms with Gasteiger partial charge >= 0.3 is 6.03 Å². The Labute approximate surface area is 214 Å². The number of halogens is 1. The van der Waals surface area contributed by atoms with Gasteiger partial charge < -0.3 is 14.6 Å². The number of anilines is 1. The summed E-state index contributed by atoms with van der Waals surface area (Å²) in [4.78, 5) is 49.1. The van der Waals surface area contributed by atoms with Gasteiger partial charge in [-0.05, 0) is 53.6 Å². The van der Waals surface area contributed by atoms with Crippen molar-refractivity contribution in [2.24, 2.45) is 0 Å². The molecule has 1 fully saturated rings. The zero-order valence-electron chi connectivity index (χ0n) is 19.1. The van der Waals surface area contributed by atoms with Gasteiger partial charge in [0.2, 0.25) is 0 Å². The highest BCUT2D eigenvalue weighted by Crippen LogP contribution is 2.38. The molecule has 1 aliphatic rings. The Morgan fingerprint density at radius 2 is 1.84 bits per heavy atom. The maximum absolute atomic E-state index is 13.1. The summed E-state index contributed by atoms with van der Waals surface area (Å²) < 4.78 is 11.1. The van der Waals surface area contributed by atoms with Gasteiger partial charge in [-0.25, -0.2) is 9.69 Å². The minimum atomic E-state index is -0.932. The summed E-state index contributed by atoms with van der Waals surface area (Å²) >= 11 is 6.40. The van der Waals surface area contributed by atoms with Crippen LogP contribution >= 0.6 is 11.6 Å². The Morgan fingerprint density at radius 1 is 1.11 bits per heavy atom. The average Bonchev–Trinajstić information content (AvgIpc) is 2.86. The fraction of sp³-hybridized carbons (Fsp3) is 0.0800. The van der Waals surface area contributed by atoms with Gasteiger partial charge in [-0.2, -0.15) is 0 Å². The molecule has 0 saturated carbocycles. The number of aromatic hydroxyl groups is 1. The molecule has 2 N–H and O–H groups in total. The van der Waals surface area contributed by atoms with E-state index in [9.17, 15) is 29.6 Å². The van der Waals surface area contributed by atoms with Crippen LogP contribution < -0.4 is 19.7 Å². The third-order valence-corrected chi connectivity index (χ3v) is 5.56. The zero-order valence-corrected chi connectivity index (χ0v) is 19.9. The molecule has 0 bridgehead atoms. The number of benzene rings is 3. The molecule has 0 spiro atoms. The Kier molecular flexibility index (Phi) is 7.07. The molecule has 0 radical (unpaired) electrons. The largest absolute Gasteiger partial charge is 0.508 e. The van der Waals surface area contributed by atoms with Crippen LogP contribution in [-0.4, -0.2) is 35.0 Å². The number of phenolic OH excluding ortho intramolecular Hbond substituents is 1. The number of ether oxygens (including phenoxy) is 2. The number of nitro benzene ring substituents is 1. The van der Waals surface area contributed by atoms with Crippen molar-refractivity contribution in [2.75, 3.05) is 12.0 Å². The number of hydrogen-bond donors (Lipinski definition) is 2. The van der Waals surface area contributed by atoms with E-state index in [0.717, 1.165) is 4.90 Å². The lowest BCUT2D eigenvalue weighted by molar-refractivity contribution is -0.384. The van der Waals surface area contributed by atoms with E-state index in [1.54, 1.807) is 6.07 Å². The van der Waals surface area contributed by atoms with Crippen LogP contribution in [0.3, 0.4) is 0 Å². The summed E-state index contributed by atoms with van der Waals surface area (Å²) in [6, 6.07) is 13.2. The number of phenols is 1. The summed E-state index contributed by atoms with van der Waals surface area (Å²) in [5.74, 6) is -1.50. The SMILES string of the molecule is COc1cc(/C=C2\C(=O)NC(=O)N(c3ccc(O)cc3)C2=O)cc(Cl)c1OCc1cccc([N+](=O)[O-])c1. The first-order chi connectivity index (χ1) is 17.7. The number of amides is 4. The molecule has 1 aliphatic heterocycles. The van der Waals surface area contributed by atoms with Crippen LogP contribution in [0.1, 0.15) is 11.1 Å². The minimum Gasteiger partial charge on any atom is -0.508 e. The molecule has 37 heavy (non-hydrogen) atoms. The second-order valence-electron chi connectivity index (χ2n) is 7.72. The highest BCUT2D eigenvalue weighted by Gasteiger charge is 2.36. The summed E-state index contributed by atoms with van der Waals surface area (Å²) in [6.07, 6.45) is 1.25. The first-order valence-corrected chi connectivity index (χ1v) is 11.0. The van der Waals surface area contributed by atoms with Crippen LogP contribution in [0.25, 0.3) is 6.08 Å².